The van der Waals surface area contributed by atoms with Gasteiger partial charge in [0.1, 0.15) is 6.07 Å². The number of nitrogens with zero attached hydrogens (tertiary/aromatic N) is 1. The zero-order chi connectivity index (χ0) is 13.1. The Morgan fingerprint density at radius 3 is 2.71 bits per heavy atom. The highest BCUT2D eigenvalue weighted by atomic mass is 35.5. The van der Waals surface area contributed by atoms with Crippen LogP contribution in [0, 0.1) is 11.3 Å². The average molecular weight is 274 g/mol. The molecule has 0 bridgehead atoms. The summed E-state index contributed by atoms with van der Waals surface area (Å²) in [5.74, 6) is 0. The molecular formula is C10H12ClN3O2S. The Balaban J connectivity index is 3.01. The first kappa shape index (κ1) is 13.9. The zero-order valence-corrected chi connectivity index (χ0v) is 10.7. The van der Waals surface area contributed by atoms with Crippen molar-refractivity contribution < 1.29 is 8.42 Å². The van der Waals surface area contributed by atoms with Crippen LogP contribution in [0.3, 0.4) is 0 Å². The minimum absolute atomic E-state index is 0.0159. The van der Waals surface area contributed by atoms with Gasteiger partial charge in [-0.3, -0.25) is 0 Å². The van der Waals surface area contributed by atoms with Gasteiger partial charge in [0, 0.05) is 12.6 Å². The predicted molar refractivity (Wildman–Crippen MR) is 65.0 cm³/mol. The average Bonchev–Trinajstić information content (AvgIpc) is 2.26. The number of sulfonamides is 1. The predicted octanol–water partition coefficient (Wildman–Crippen LogP) is 0.837. The summed E-state index contributed by atoms with van der Waals surface area (Å²) in [6.45, 7) is 1.83. The Hall–Kier alpha value is -1.13. The maximum atomic E-state index is 11.8. The summed E-state index contributed by atoms with van der Waals surface area (Å²) in [5.41, 5.74) is 5.69. The molecule has 17 heavy (non-hydrogen) atoms. The molecule has 92 valence electrons. The molecule has 1 atom stereocenters. The number of nitriles is 1. The minimum Gasteiger partial charge on any atom is -0.327 e. The quantitative estimate of drug-likeness (QED) is 0.849. The van der Waals surface area contributed by atoms with E-state index < -0.39 is 10.0 Å². The van der Waals surface area contributed by atoms with Gasteiger partial charge in [0.15, 0.2) is 0 Å². The van der Waals surface area contributed by atoms with Crippen LogP contribution in [0.15, 0.2) is 23.1 Å². The first-order chi connectivity index (χ1) is 7.86. The lowest BCUT2D eigenvalue weighted by Gasteiger charge is -2.09. The highest BCUT2D eigenvalue weighted by molar-refractivity contribution is 7.89. The first-order valence-electron chi connectivity index (χ1n) is 4.81. The number of nitrogens with one attached hydrogen (secondary N) is 1. The Bertz CT molecular complexity index is 549. The maximum Gasteiger partial charge on any atom is 0.240 e. The van der Waals surface area contributed by atoms with Gasteiger partial charge in [-0.25, -0.2) is 13.1 Å². The van der Waals surface area contributed by atoms with Crippen molar-refractivity contribution in [3.8, 4) is 6.07 Å². The van der Waals surface area contributed by atoms with Crippen molar-refractivity contribution in [3.63, 3.8) is 0 Å². The number of hydrogen-bond acceptors (Lipinski definition) is 4. The molecule has 0 heterocycles. The highest BCUT2D eigenvalue weighted by Crippen LogP contribution is 2.19. The molecule has 1 aromatic carbocycles. The monoisotopic (exact) mass is 273 g/mol. The van der Waals surface area contributed by atoms with E-state index in [9.17, 15) is 8.42 Å². The molecule has 0 aliphatic carbocycles. The van der Waals surface area contributed by atoms with Gasteiger partial charge in [-0.1, -0.05) is 11.6 Å². The number of hydrogen-bond donors (Lipinski definition) is 2. The van der Waals surface area contributed by atoms with E-state index in [4.69, 9.17) is 22.6 Å². The van der Waals surface area contributed by atoms with E-state index in [-0.39, 0.29) is 28.1 Å². The Labute approximate surface area is 105 Å². The number of nitrogens with two attached hydrogens (primary N) is 1. The molecule has 0 aliphatic heterocycles. The van der Waals surface area contributed by atoms with Gasteiger partial charge in [-0.15, -0.1) is 0 Å². The van der Waals surface area contributed by atoms with Crippen LogP contribution in [0.5, 0.6) is 0 Å². The van der Waals surface area contributed by atoms with Gasteiger partial charge in [0.2, 0.25) is 10.0 Å². The van der Waals surface area contributed by atoms with Crippen molar-refractivity contribution >= 4 is 21.6 Å². The van der Waals surface area contributed by atoms with Crippen molar-refractivity contribution in [2.75, 3.05) is 6.54 Å². The van der Waals surface area contributed by atoms with E-state index in [1.807, 2.05) is 6.07 Å². The van der Waals surface area contributed by atoms with Crippen LogP contribution in [0.2, 0.25) is 5.02 Å². The van der Waals surface area contributed by atoms with E-state index in [0.717, 1.165) is 0 Å². The van der Waals surface area contributed by atoms with Gasteiger partial charge in [0.05, 0.1) is 15.5 Å². The summed E-state index contributed by atoms with van der Waals surface area (Å²) in [6, 6.07) is 5.51. The van der Waals surface area contributed by atoms with Crippen molar-refractivity contribution in [2.24, 2.45) is 5.73 Å². The van der Waals surface area contributed by atoms with Crippen LogP contribution < -0.4 is 10.5 Å². The number of halogens is 1. The van der Waals surface area contributed by atoms with Crippen LogP contribution in [0.1, 0.15) is 12.5 Å². The fourth-order valence-electron chi connectivity index (χ4n) is 1.08. The zero-order valence-electron chi connectivity index (χ0n) is 9.14. The molecule has 0 fully saturated rings. The van der Waals surface area contributed by atoms with E-state index >= 15 is 0 Å². The number of benzene rings is 1. The Morgan fingerprint density at radius 1 is 1.59 bits per heavy atom. The van der Waals surface area contributed by atoms with E-state index in [0.29, 0.717) is 0 Å². The molecule has 0 unspecified atom stereocenters. The van der Waals surface area contributed by atoms with Crippen LogP contribution in [0.4, 0.5) is 0 Å². The second-order valence-electron chi connectivity index (χ2n) is 3.58. The van der Waals surface area contributed by atoms with Crippen LogP contribution in [-0.4, -0.2) is 21.0 Å². The van der Waals surface area contributed by atoms with Crippen molar-refractivity contribution in [1.82, 2.24) is 4.72 Å². The van der Waals surface area contributed by atoms with E-state index in [2.05, 4.69) is 4.72 Å². The normalized spacial score (nSPS) is 13.1. The maximum absolute atomic E-state index is 11.8. The molecule has 0 aliphatic rings. The fourth-order valence-corrected chi connectivity index (χ4v) is 2.53. The summed E-state index contributed by atoms with van der Waals surface area (Å²) < 4.78 is 25.9. The molecule has 5 nitrogen and oxygen atoms in total. The molecule has 0 amide bonds. The third-order valence-corrected chi connectivity index (χ3v) is 3.70. The molecule has 0 spiro atoms. The van der Waals surface area contributed by atoms with Crippen LogP contribution in [0.25, 0.3) is 0 Å². The fraction of sp³-hybridized carbons (Fsp3) is 0.300. The third kappa shape index (κ3) is 3.68. The molecule has 0 saturated carbocycles. The summed E-state index contributed by atoms with van der Waals surface area (Å²) in [4.78, 5) is 0.0159. The van der Waals surface area contributed by atoms with Gasteiger partial charge in [-0.2, -0.15) is 5.26 Å². The first-order valence-corrected chi connectivity index (χ1v) is 6.68. The third-order valence-electron chi connectivity index (χ3n) is 1.97. The molecule has 1 rings (SSSR count). The smallest absolute Gasteiger partial charge is 0.240 e. The molecule has 0 radical (unpaired) electrons. The summed E-state index contributed by atoms with van der Waals surface area (Å²) in [5, 5.41) is 8.78. The van der Waals surface area contributed by atoms with Gasteiger partial charge in [-0.05, 0) is 25.1 Å². The minimum atomic E-state index is -3.63. The summed E-state index contributed by atoms with van der Waals surface area (Å²) >= 11 is 5.76. The SMILES string of the molecule is C[C@@H](N)CNS(=O)(=O)c1ccc(C#N)c(Cl)c1. The van der Waals surface area contributed by atoms with Crippen LogP contribution in [-0.2, 0) is 10.0 Å². The second-order valence-corrected chi connectivity index (χ2v) is 5.76. The van der Waals surface area contributed by atoms with E-state index in [1.165, 1.54) is 18.2 Å². The van der Waals surface area contributed by atoms with Gasteiger partial charge in [0.25, 0.3) is 0 Å². The number of rotatable bonds is 4. The van der Waals surface area contributed by atoms with Crippen molar-refractivity contribution in [2.45, 2.75) is 17.9 Å². The van der Waals surface area contributed by atoms with Gasteiger partial charge >= 0.3 is 0 Å². The summed E-state index contributed by atoms with van der Waals surface area (Å²) in [7, 11) is -3.63. The topological polar surface area (TPSA) is 96.0 Å². The Morgan fingerprint density at radius 2 is 2.24 bits per heavy atom. The van der Waals surface area contributed by atoms with Crippen molar-refractivity contribution in [1.29, 1.82) is 5.26 Å². The second kappa shape index (κ2) is 5.47. The largest absolute Gasteiger partial charge is 0.327 e. The van der Waals surface area contributed by atoms with Crippen LogP contribution >= 0.6 is 11.6 Å². The molecule has 1 aromatic rings. The molecule has 7 heteroatoms. The lowest BCUT2D eigenvalue weighted by atomic mass is 10.2. The van der Waals surface area contributed by atoms with E-state index in [1.54, 1.807) is 6.92 Å². The lowest BCUT2D eigenvalue weighted by molar-refractivity contribution is 0.574. The molecule has 3 N–H and O–H groups in total. The Kier molecular flexibility index (Phi) is 4.48. The molecule has 0 saturated heterocycles. The molecular weight excluding hydrogens is 262 g/mol. The summed E-state index contributed by atoms with van der Waals surface area (Å²) in [6.07, 6.45) is 0. The standard InChI is InChI=1S/C10H12ClN3O2S/c1-7(13)6-14-17(15,16)9-3-2-8(5-12)10(11)4-9/h2-4,7,14H,6,13H2,1H3/t7-/m1/s1. The highest BCUT2D eigenvalue weighted by Gasteiger charge is 2.15. The van der Waals surface area contributed by atoms with Crippen molar-refractivity contribution in [3.05, 3.63) is 28.8 Å². The van der Waals surface area contributed by atoms with Gasteiger partial charge < -0.3 is 5.73 Å². The lowest BCUT2D eigenvalue weighted by Crippen LogP contribution is -2.35. The molecule has 0 aromatic heterocycles.